The molecule has 0 aliphatic carbocycles. The molecule has 3 fully saturated rings. The lowest BCUT2D eigenvalue weighted by molar-refractivity contribution is -0.175. The number of piperidine rings is 1. The number of carbonyl (C=O) groups is 3. The second-order valence-electron chi connectivity index (χ2n) is 9.59. The zero-order valence-corrected chi connectivity index (χ0v) is 21.8. The third-order valence-corrected chi connectivity index (χ3v) is 7.44. The zero-order valence-electron chi connectivity index (χ0n) is 21.8. The van der Waals surface area contributed by atoms with Gasteiger partial charge in [0.1, 0.15) is 6.04 Å². The van der Waals surface area contributed by atoms with Gasteiger partial charge in [-0.2, -0.15) is 0 Å². The summed E-state index contributed by atoms with van der Waals surface area (Å²) in [5.74, 6) is -0.844. The lowest BCUT2D eigenvalue weighted by atomic mass is 9.88. The number of hydrogen-bond donors (Lipinski definition) is 0. The molecular weight excluding hydrogens is 492 g/mol. The maximum Gasteiger partial charge on any atom is 0.296 e. The fourth-order valence-electron chi connectivity index (χ4n) is 5.66. The van der Waals surface area contributed by atoms with Crippen molar-refractivity contribution >= 4 is 17.6 Å². The smallest absolute Gasteiger partial charge is 0.296 e. The van der Waals surface area contributed by atoms with Crippen LogP contribution in [0.4, 0.5) is 0 Å². The molecule has 3 heterocycles. The molecule has 5 rings (SSSR count). The summed E-state index contributed by atoms with van der Waals surface area (Å²) in [6.07, 6.45) is 1.29. The molecule has 0 aromatic heterocycles. The summed E-state index contributed by atoms with van der Waals surface area (Å²) >= 11 is 0. The summed E-state index contributed by atoms with van der Waals surface area (Å²) in [6.45, 7) is 1.08. The average molecular weight is 525 g/mol. The number of benzene rings is 2. The van der Waals surface area contributed by atoms with Gasteiger partial charge in [-0.25, -0.2) is 0 Å². The van der Waals surface area contributed by atoms with Crippen molar-refractivity contribution in [2.24, 2.45) is 0 Å². The first kappa shape index (κ1) is 26.0. The van der Waals surface area contributed by atoms with Crippen molar-refractivity contribution in [2.75, 3.05) is 34.5 Å². The molecule has 3 saturated heterocycles. The number of amides is 2. The highest BCUT2D eigenvalue weighted by Crippen LogP contribution is 2.40. The predicted octanol–water partition coefficient (Wildman–Crippen LogP) is 2.43. The van der Waals surface area contributed by atoms with E-state index in [4.69, 9.17) is 23.7 Å². The number of methoxy groups -OCH3 is 3. The van der Waals surface area contributed by atoms with Crippen LogP contribution in [0.15, 0.2) is 42.5 Å². The van der Waals surface area contributed by atoms with Gasteiger partial charge in [0, 0.05) is 5.56 Å². The number of nitrogens with zero attached hydrogens (tertiary/aromatic N) is 2. The Morgan fingerprint density at radius 2 is 1.71 bits per heavy atom. The van der Waals surface area contributed by atoms with E-state index < -0.39 is 30.0 Å². The van der Waals surface area contributed by atoms with Crippen LogP contribution >= 0.6 is 0 Å². The molecule has 0 N–H and O–H groups in total. The second-order valence-corrected chi connectivity index (χ2v) is 9.59. The quantitative estimate of drug-likeness (QED) is 0.364. The van der Waals surface area contributed by atoms with E-state index in [-0.39, 0.29) is 29.0 Å². The molecular formula is C28H32N2O8. The summed E-state index contributed by atoms with van der Waals surface area (Å²) in [7, 11) is 4.33. The average Bonchev–Trinajstić information content (AvgIpc) is 3.38. The van der Waals surface area contributed by atoms with E-state index in [1.807, 2.05) is 30.3 Å². The number of ketones is 1. The first-order valence-electron chi connectivity index (χ1n) is 12.7. The highest BCUT2D eigenvalue weighted by molar-refractivity contribution is 6.43. The third-order valence-electron chi connectivity index (χ3n) is 7.44. The van der Waals surface area contributed by atoms with Crippen molar-refractivity contribution in [2.45, 2.75) is 50.2 Å². The maximum atomic E-state index is 13.6. The first-order valence-corrected chi connectivity index (χ1v) is 12.7. The molecule has 3 aliphatic rings. The Kier molecular flexibility index (Phi) is 7.53. The van der Waals surface area contributed by atoms with Crippen molar-refractivity contribution in [1.82, 2.24) is 9.80 Å². The van der Waals surface area contributed by atoms with Gasteiger partial charge in [0.25, 0.3) is 11.7 Å². The van der Waals surface area contributed by atoms with Crippen molar-refractivity contribution < 1.29 is 38.1 Å². The highest BCUT2D eigenvalue weighted by atomic mass is 16.5. The van der Waals surface area contributed by atoms with Crippen LogP contribution in [0.25, 0.3) is 0 Å². The predicted molar refractivity (Wildman–Crippen MR) is 135 cm³/mol. The molecule has 10 heteroatoms. The van der Waals surface area contributed by atoms with Crippen LogP contribution in [0, 0.1) is 0 Å². The SMILES string of the molecule is COc1cc(C(=O)C(=O)N2C3CCCC2C2OCC(COCc4ccccc4)N2C3=O)cc(OC)c1OC. The third kappa shape index (κ3) is 4.58. The number of carbonyl (C=O) groups excluding carboxylic acids is 3. The molecule has 4 atom stereocenters. The molecule has 2 aromatic rings. The number of ether oxygens (including phenoxy) is 5. The van der Waals surface area contributed by atoms with Gasteiger partial charge in [0.15, 0.2) is 17.7 Å². The molecule has 10 nitrogen and oxygen atoms in total. The number of rotatable bonds is 9. The Morgan fingerprint density at radius 1 is 1.00 bits per heavy atom. The van der Waals surface area contributed by atoms with Gasteiger partial charge in [-0.1, -0.05) is 30.3 Å². The Morgan fingerprint density at radius 3 is 2.37 bits per heavy atom. The Hall–Kier alpha value is -3.63. The molecule has 0 spiro atoms. The van der Waals surface area contributed by atoms with Gasteiger partial charge < -0.3 is 33.5 Å². The molecule has 2 bridgehead atoms. The Bertz CT molecular complexity index is 1180. The molecule has 202 valence electrons. The standard InChI is InChI=1S/C28H32N2O8/c1-34-22-12-18(13-23(35-2)25(22)36-3)24(31)27(33)30-20-10-7-11-21(30)28-29(26(20)32)19(16-38-28)15-37-14-17-8-5-4-6-9-17/h4-6,8-9,12-13,19-21,28H,7,10-11,14-16H2,1-3H3. The van der Waals surface area contributed by atoms with Crippen molar-refractivity contribution in [3.05, 3.63) is 53.6 Å². The number of hydrogen-bond acceptors (Lipinski definition) is 8. The largest absolute Gasteiger partial charge is 0.493 e. The van der Waals surface area contributed by atoms with E-state index in [2.05, 4.69) is 0 Å². The topological polar surface area (TPSA) is 104 Å². The lowest BCUT2D eigenvalue weighted by Gasteiger charge is -2.51. The van der Waals surface area contributed by atoms with Crippen molar-refractivity contribution in [1.29, 1.82) is 0 Å². The summed E-state index contributed by atoms with van der Waals surface area (Å²) < 4.78 is 28.0. The van der Waals surface area contributed by atoms with Crippen LogP contribution in [0.5, 0.6) is 17.2 Å². The molecule has 4 unspecified atom stereocenters. The molecule has 2 aromatic carbocycles. The summed E-state index contributed by atoms with van der Waals surface area (Å²) in [4.78, 5) is 43.9. The fourth-order valence-corrected chi connectivity index (χ4v) is 5.66. The van der Waals surface area contributed by atoms with E-state index in [1.54, 1.807) is 4.90 Å². The summed E-state index contributed by atoms with van der Waals surface area (Å²) in [6, 6.07) is 11.3. The van der Waals surface area contributed by atoms with Gasteiger partial charge in [-0.15, -0.1) is 0 Å². The first-order chi connectivity index (χ1) is 18.5. The zero-order chi connectivity index (χ0) is 26.8. The minimum absolute atomic E-state index is 0.0944. The molecule has 3 aliphatic heterocycles. The minimum atomic E-state index is -0.747. The van der Waals surface area contributed by atoms with E-state index in [9.17, 15) is 14.4 Å². The van der Waals surface area contributed by atoms with Crippen LogP contribution in [-0.2, 0) is 25.7 Å². The Balaban J connectivity index is 1.34. The number of piperazine rings is 1. The minimum Gasteiger partial charge on any atom is -0.493 e. The number of fused-ring (bicyclic) bond motifs is 4. The monoisotopic (exact) mass is 524 g/mol. The van der Waals surface area contributed by atoms with Crippen LogP contribution < -0.4 is 14.2 Å². The van der Waals surface area contributed by atoms with Gasteiger partial charge in [0.2, 0.25) is 11.7 Å². The van der Waals surface area contributed by atoms with E-state index in [0.29, 0.717) is 38.4 Å². The lowest BCUT2D eigenvalue weighted by Crippen LogP contribution is -2.70. The van der Waals surface area contributed by atoms with Crippen LogP contribution in [0.2, 0.25) is 0 Å². The van der Waals surface area contributed by atoms with Crippen LogP contribution in [0.1, 0.15) is 35.2 Å². The number of Topliss-reactive ketones (excluding diaryl/α,β-unsaturated/α-hetero) is 1. The van der Waals surface area contributed by atoms with Gasteiger partial charge in [-0.3, -0.25) is 14.4 Å². The fraction of sp³-hybridized carbons (Fsp3) is 0.464. The summed E-state index contributed by atoms with van der Waals surface area (Å²) in [5.41, 5.74) is 1.14. The molecule has 38 heavy (non-hydrogen) atoms. The van der Waals surface area contributed by atoms with Crippen LogP contribution in [-0.4, -0.2) is 86.3 Å². The normalized spacial score (nSPS) is 24.1. The van der Waals surface area contributed by atoms with Gasteiger partial charge in [-0.05, 0) is 37.0 Å². The van der Waals surface area contributed by atoms with E-state index in [1.165, 1.54) is 38.4 Å². The molecule has 0 radical (unpaired) electrons. The maximum absolute atomic E-state index is 13.6. The Labute approximate surface area is 221 Å². The molecule has 2 amide bonds. The van der Waals surface area contributed by atoms with E-state index in [0.717, 1.165) is 12.0 Å². The molecule has 0 saturated carbocycles. The second kappa shape index (κ2) is 11.0. The van der Waals surface area contributed by atoms with Crippen LogP contribution in [0.3, 0.4) is 0 Å². The van der Waals surface area contributed by atoms with Crippen molar-refractivity contribution in [3.8, 4) is 17.2 Å². The summed E-state index contributed by atoms with van der Waals surface area (Å²) in [5, 5.41) is 0. The van der Waals surface area contributed by atoms with Gasteiger partial charge >= 0.3 is 0 Å². The van der Waals surface area contributed by atoms with Crippen molar-refractivity contribution in [3.63, 3.8) is 0 Å². The highest BCUT2D eigenvalue weighted by Gasteiger charge is 2.56. The van der Waals surface area contributed by atoms with E-state index >= 15 is 0 Å². The van der Waals surface area contributed by atoms with Gasteiger partial charge in [0.05, 0.1) is 53.2 Å².